The van der Waals surface area contributed by atoms with Crippen molar-refractivity contribution in [2.45, 2.75) is 25.7 Å². The molecule has 23 heavy (non-hydrogen) atoms. The maximum absolute atomic E-state index is 12.5. The molecule has 6 heteroatoms. The third kappa shape index (κ3) is 4.58. The minimum atomic E-state index is -3.37. The fourth-order valence-electron chi connectivity index (χ4n) is 2.78. The first-order valence-electron chi connectivity index (χ1n) is 7.91. The zero-order chi connectivity index (χ0) is 16.9. The second-order valence-corrected chi connectivity index (χ2v) is 7.74. The van der Waals surface area contributed by atoms with Crippen molar-refractivity contribution in [3.05, 3.63) is 42.5 Å². The Morgan fingerprint density at radius 1 is 1.17 bits per heavy atom. The van der Waals surface area contributed by atoms with Gasteiger partial charge in [-0.05, 0) is 37.1 Å². The molecule has 1 aromatic carbocycles. The summed E-state index contributed by atoms with van der Waals surface area (Å²) in [5, 5.41) is 0. The summed E-state index contributed by atoms with van der Waals surface area (Å²) < 4.78 is 24.9. The van der Waals surface area contributed by atoms with E-state index < -0.39 is 10.0 Å². The molecule has 0 unspecified atom stereocenters. The normalized spacial score (nSPS) is 15.8. The predicted molar refractivity (Wildman–Crippen MR) is 93.2 cm³/mol. The van der Waals surface area contributed by atoms with Crippen LogP contribution >= 0.6 is 0 Å². The largest absolute Gasteiger partial charge is 0.339 e. The van der Waals surface area contributed by atoms with Gasteiger partial charge in [0.05, 0.1) is 18.5 Å². The van der Waals surface area contributed by atoms with Gasteiger partial charge in [-0.15, -0.1) is 6.58 Å². The van der Waals surface area contributed by atoms with Crippen LogP contribution in [0.1, 0.15) is 36.0 Å². The summed E-state index contributed by atoms with van der Waals surface area (Å²) in [6.45, 7) is 5.39. The average molecular weight is 336 g/mol. The van der Waals surface area contributed by atoms with Crippen LogP contribution in [0.5, 0.6) is 0 Å². The zero-order valence-corrected chi connectivity index (χ0v) is 14.4. The fraction of sp³-hybridized carbons (Fsp3) is 0.471. The van der Waals surface area contributed by atoms with Crippen LogP contribution in [-0.2, 0) is 10.0 Å². The van der Waals surface area contributed by atoms with Crippen LogP contribution in [0.2, 0.25) is 0 Å². The lowest BCUT2D eigenvalue weighted by atomic mass is 10.1. The van der Waals surface area contributed by atoms with Gasteiger partial charge in [-0.1, -0.05) is 18.9 Å². The molecule has 0 aromatic heterocycles. The van der Waals surface area contributed by atoms with E-state index in [4.69, 9.17) is 0 Å². The Morgan fingerprint density at radius 3 is 2.22 bits per heavy atom. The van der Waals surface area contributed by atoms with Crippen LogP contribution in [0.4, 0.5) is 5.69 Å². The summed E-state index contributed by atoms with van der Waals surface area (Å²) in [5.74, 6) is 0.0214. The lowest BCUT2D eigenvalue weighted by Crippen LogP contribution is -2.32. The Labute approximate surface area is 138 Å². The highest BCUT2D eigenvalue weighted by Gasteiger charge is 2.19. The Kier molecular flexibility index (Phi) is 5.82. The first kappa shape index (κ1) is 17.5. The maximum Gasteiger partial charge on any atom is 0.253 e. The first-order chi connectivity index (χ1) is 10.9. The van der Waals surface area contributed by atoms with E-state index >= 15 is 0 Å². The molecule has 1 saturated heterocycles. The van der Waals surface area contributed by atoms with E-state index in [9.17, 15) is 13.2 Å². The molecule has 0 saturated carbocycles. The summed E-state index contributed by atoms with van der Waals surface area (Å²) in [5.41, 5.74) is 1.14. The van der Waals surface area contributed by atoms with Crippen LogP contribution in [0.3, 0.4) is 0 Å². The molecule has 1 aliphatic heterocycles. The highest BCUT2D eigenvalue weighted by atomic mass is 32.2. The highest BCUT2D eigenvalue weighted by molar-refractivity contribution is 7.92. The number of benzene rings is 1. The molecule has 1 aromatic rings. The Morgan fingerprint density at radius 2 is 1.74 bits per heavy atom. The molecule has 1 fully saturated rings. The Hall–Kier alpha value is -1.82. The molecule has 0 bridgehead atoms. The molecule has 0 N–H and O–H groups in total. The van der Waals surface area contributed by atoms with Crippen LogP contribution in [0, 0.1) is 0 Å². The van der Waals surface area contributed by atoms with Crippen molar-refractivity contribution in [1.82, 2.24) is 4.90 Å². The molecule has 1 amide bonds. The summed E-state index contributed by atoms with van der Waals surface area (Å²) >= 11 is 0. The molecule has 2 rings (SSSR count). The van der Waals surface area contributed by atoms with Crippen LogP contribution in [0.15, 0.2) is 36.9 Å². The quantitative estimate of drug-likeness (QED) is 0.777. The molecule has 1 aliphatic rings. The number of anilines is 1. The molecule has 0 radical (unpaired) electrons. The van der Waals surface area contributed by atoms with Gasteiger partial charge in [0.15, 0.2) is 0 Å². The summed E-state index contributed by atoms with van der Waals surface area (Å²) in [7, 11) is -3.37. The molecular weight excluding hydrogens is 312 g/mol. The zero-order valence-electron chi connectivity index (χ0n) is 13.6. The van der Waals surface area contributed by atoms with Crippen molar-refractivity contribution in [2.75, 3.05) is 30.2 Å². The van der Waals surface area contributed by atoms with Gasteiger partial charge in [0.2, 0.25) is 10.0 Å². The van der Waals surface area contributed by atoms with E-state index in [0.717, 1.165) is 32.2 Å². The van der Waals surface area contributed by atoms with E-state index in [2.05, 4.69) is 6.58 Å². The van der Waals surface area contributed by atoms with Gasteiger partial charge in [-0.3, -0.25) is 9.10 Å². The first-order valence-corrected chi connectivity index (χ1v) is 9.76. The third-order valence-electron chi connectivity index (χ3n) is 3.99. The average Bonchev–Trinajstić information content (AvgIpc) is 2.80. The van der Waals surface area contributed by atoms with Crippen molar-refractivity contribution >= 4 is 21.6 Å². The number of rotatable bonds is 5. The number of hydrogen-bond acceptors (Lipinski definition) is 3. The Bertz CT molecular complexity index is 645. The van der Waals surface area contributed by atoms with Gasteiger partial charge in [0.1, 0.15) is 0 Å². The van der Waals surface area contributed by atoms with Crippen molar-refractivity contribution < 1.29 is 13.2 Å². The summed E-state index contributed by atoms with van der Waals surface area (Å²) in [6, 6.07) is 6.75. The molecule has 5 nitrogen and oxygen atoms in total. The predicted octanol–water partition coefficient (Wildman–Crippen LogP) is 2.65. The number of hydrogen-bond donors (Lipinski definition) is 0. The minimum absolute atomic E-state index is 0.0214. The van der Waals surface area contributed by atoms with Gasteiger partial charge in [-0.2, -0.15) is 0 Å². The van der Waals surface area contributed by atoms with Crippen LogP contribution < -0.4 is 4.31 Å². The van der Waals surface area contributed by atoms with Crippen molar-refractivity contribution in [3.63, 3.8) is 0 Å². The van der Waals surface area contributed by atoms with E-state index in [1.54, 1.807) is 24.3 Å². The van der Waals surface area contributed by atoms with Gasteiger partial charge in [0, 0.05) is 18.7 Å². The lowest BCUT2D eigenvalue weighted by Gasteiger charge is -2.22. The van der Waals surface area contributed by atoms with E-state index in [0.29, 0.717) is 11.3 Å². The molecule has 0 aliphatic carbocycles. The smallest absolute Gasteiger partial charge is 0.253 e. The van der Waals surface area contributed by atoms with Gasteiger partial charge in [0.25, 0.3) is 5.91 Å². The number of likely N-dealkylation sites (tertiary alicyclic amines) is 1. The highest BCUT2D eigenvalue weighted by Crippen LogP contribution is 2.20. The number of sulfonamides is 1. The molecule has 126 valence electrons. The van der Waals surface area contributed by atoms with E-state index in [1.165, 1.54) is 23.2 Å². The molecule has 1 heterocycles. The summed E-state index contributed by atoms with van der Waals surface area (Å²) in [6.07, 6.45) is 7.14. The standard InChI is InChI=1S/C17H24N2O3S/c1-3-12-19(23(2,21)22)16-10-8-15(9-11-16)17(20)18-13-6-4-5-7-14-18/h3,8-11H,1,4-7,12-14H2,2H3. The Balaban J connectivity index is 2.17. The monoisotopic (exact) mass is 336 g/mol. The topological polar surface area (TPSA) is 57.7 Å². The minimum Gasteiger partial charge on any atom is -0.339 e. The fourth-order valence-corrected chi connectivity index (χ4v) is 3.66. The van der Waals surface area contributed by atoms with Crippen molar-refractivity contribution in [3.8, 4) is 0 Å². The number of carbonyl (C=O) groups excluding carboxylic acids is 1. The van der Waals surface area contributed by atoms with Crippen molar-refractivity contribution in [2.24, 2.45) is 0 Å². The van der Waals surface area contributed by atoms with Gasteiger partial charge >= 0.3 is 0 Å². The second-order valence-electron chi connectivity index (χ2n) is 5.84. The maximum atomic E-state index is 12.5. The SMILES string of the molecule is C=CCN(c1ccc(C(=O)N2CCCCCC2)cc1)S(C)(=O)=O. The van der Waals surface area contributed by atoms with E-state index in [-0.39, 0.29) is 12.5 Å². The van der Waals surface area contributed by atoms with E-state index in [1.807, 2.05) is 4.90 Å². The molecule has 0 spiro atoms. The van der Waals surface area contributed by atoms with Crippen LogP contribution in [0.25, 0.3) is 0 Å². The lowest BCUT2D eigenvalue weighted by molar-refractivity contribution is 0.0761. The molecular formula is C17H24N2O3S. The third-order valence-corrected chi connectivity index (χ3v) is 5.15. The number of nitrogens with zero attached hydrogens (tertiary/aromatic N) is 2. The van der Waals surface area contributed by atoms with Crippen molar-refractivity contribution in [1.29, 1.82) is 0 Å². The van der Waals surface area contributed by atoms with Gasteiger partial charge in [-0.25, -0.2) is 8.42 Å². The van der Waals surface area contributed by atoms with Gasteiger partial charge < -0.3 is 4.90 Å². The van der Waals surface area contributed by atoms with Crippen LogP contribution in [-0.4, -0.2) is 45.1 Å². The number of carbonyl (C=O) groups is 1. The second kappa shape index (κ2) is 7.64. The summed E-state index contributed by atoms with van der Waals surface area (Å²) in [4.78, 5) is 14.4. The number of amides is 1. The molecule has 0 atom stereocenters.